The Hall–Kier alpha value is -0.530. The van der Waals surface area contributed by atoms with Crippen molar-refractivity contribution in [3.63, 3.8) is 0 Å². The fourth-order valence-electron chi connectivity index (χ4n) is 3.30. The third-order valence-corrected chi connectivity index (χ3v) is 3.74. The Labute approximate surface area is 97.9 Å². The lowest BCUT2D eigenvalue weighted by Gasteiger charge is -2.26. The number of fused-ring (bicyclic) bond motifs is 5. The molecule has 0 aromatic heterocycles. The van der Waals surface area contributed by atoms with Crippen molar-refractivity contribution in [2.75, 3.05) is 0 Å². The van der Waals surface area contributed by atoms with Gasteiger partial charge in [0.2, 0.25) is 0 Å². The van der Waals surface area contributed by atoms with Crippen LogP contribution in [0.25, 0.3) is 0 Å². The first-order valence-electron chi connectivity index (χ1n) is 5.65. The van der Waals surface area contributed by atoms with E-state index in [0.717, 1.165) is 12.1 Å². The van der Waals surface area contributed by atoms with E-state index in [2.05, 4.69) is 43.0 Å². The molecule has 0 radical (unpaired) electrons. The number of halogens is 1. The highest BCUT2D eigenvalue weighted by atomic mass is 35.5. The lowest BCUT2D eigenvalue weighted by molar-refractivity contribution is 0.174. The molecule has 15 heavy (non-hydrogen) atoms. The standard InChI is InChI=1S/C13H17N.ClH/c1-9(2)14-12-7-8-13(14)11-6-4-3-5-10(11)12;/h3-6,9,12-13H,7-8H2,1-2H3;1H. The zero-order valence-electron chi connectivity index (χ0n) is 9.31. The molecule has 2 aliphatic heterocycles. The summed E-state index contributed by atoms with van der Waals surface area (Å²) < 4.78 is 0. The van der Waals surface area contributed by atoms with Gasteiger partial charge in [0, 0.05) is 18.1 Å². The average molecular weight is 224 g/mol. The largest absolute Gasteiger partial charge is 0.287 e. The normalized spacial score (nSPS) is 27.9. The van der Waals surface area contributed by atoms with Gasteiger partial charge in [0.25, 0.3) is 0 Å². The maximum atomic E-state index is 2.69. The van der Waals surface area contributed by atoms with E-state index in [9.17, 15) is 0 Å². The highest BCUT2D eigenvalue weighted by molar-refractivity contribution is 5.85. The molecular formula is C13H18ClN. The molecule has 0 saturated carbocycles. The summed E-state index contributed by atoms with van der Waals surface area (Å²) in [6.07, 6.45) is 2.72. The fraction of sp³-hybridized carbons (Fsp3) is 0.538. The summed E-state index contributed by atoms with van der Waals surface area (Å²) >= 11 is 0. The lowest BCUT2D eigenvalue weighted by atomic mass is 9.92. The first-order valence-corrected chi connectivity index (χ1v) is 5.65. The smallest absolute Gasteiger partial charge is 0.0361 e. The van der Waals surface area contributed by atoms with Gasteiger partial charge in [-0.15, -0.1) is 12.4 Å². The average Bonchev–Trinajstić information content (AvgIpc) is 2.73. The molecule has 2 bridgehead atoms. The maximum Gasteiger partial charge on any atom is 0.0361 e. The zero-order valence-corrected chi connectivity index (χ0v) is 10.1. The molecule has 2 atom stereocenters. The highest BCUT2D eigenvalue weighted by Gasteiger charge is 2.44. The third kappa shape index (κ3) is 1.41. The Kier molecular flexibility index (Phi) is 2.78. The molecule has 1 fully saturated rings. The third-order valence-electron chi connectivity index (χ3n) is 3.74. The Morgan fingerprint density at radius 1 is 1.07 bits per heavy atom. The Morgan fingerprint density at radius 2 is 1.53 bits per heavy atom. The van der Waals surface area contributed by atoms with E-state index in [-0.39, 0.29) is 12.4 Å². The predicted molar refractivity (Wildman–Crippen MR) is 65.4 cm³/mol. The second-order valence-electron chi connectivity index (χ2n) is 4.78. The molecule has 1 nitrogen and oxygen atoms in total. The molecular weight excluding hydrogens is 206 g/mol. The second kappa shape index (κ2) is 3.80. The Bertz CT molecular complexity index is 330. The number of rotatable bonds is 1. The first-order chi connectivity index (χ1) is 6.79. The predicted octanol–water partition coefficient (Wildman–Crippen LogP) is 3.71. The summed E-state index contributed by atoms with van der Waals surface area (Å²) in [5.74, 6) is 0. The van der Waals surface area contributed by atoms with E-state index in [1.807, 2.05) is 0 Å². The van der Waals surface area contributed by atoms with Gasteiger partial charge in [-0.05, 0) is 37.8 Å². The zero-order chi connectivity index (χ0) is 9.71. The van der Waals surface area contributed by atoms with Gasteiger partial charge in [0.05, 0.1) is 0 Å². The van der Waals surface area contributed by atoms with E-state index in [1.54, 1.807) is 11.1 Å². The molecule has 0 aliphatic carbocycles. The van der Waals surface area contributed by atoms with Crippen molar-refractivity contribution in [2.45, 2.75) is 44.8 Å². The van der Waals surface area contributed by atoms with Crippen LogP contribution in [0.4, 0.5) is 0 Å². The minimum Gasteiger partial charge on any atom is -0.287 e. The molecule has 3 rings (SSSR count). The Balaban J connectivity index is 0.000000853. The fourth-order valence-corrected chi connectivity index (χ4v) is 3.30. The van der Waals surface area contributed by atoms with Crippen LogP contribution in [0.3, 0.4) is 0 Å². The van der Waals surface area contributed by atoms with Crippen molar-refractivity contribution in [1.29, 1.82) is 0 Å². The van der Waals surface area contributed by atoms with Crippen LogP contribution < -0.4 is 0 Å². The van der Waals surface area contributed by atoms with Gasteiger partial charge in [0.1, 0.15) is 0 Å². The van der Waals surface area contributed by atoms with E-state index in [0.29, 0.717) is 6.04 Å². The summed E-state index contributed by atoms with van der Waals surface area (Å²) in [7, 11) is 0. The first kappa shape index (κ1) is 11.0. The number of hydrogen-bond donors (Lipinski definition) is 0. The van der Waals surface area contributed by atoms with Crippen LogP contribution in [-0.4, -0.2) is 10.9 Å². The number of nitrogens with zero attached hydrogens (tertiary/aromatic N) is 1. The SMILES string of the molecule is CC(C)N1C2CCC1c1ccccc12.Cl. The number of hydrogen-bond acceptors (Lipinski definition) is 1. The molecule has 2 unspecified atom stereocenters. The minimum absolute atomic E-state index is 0. The number of benzene rings is 1. The Morgan fingerprint density at radius 3 is 1.93 bits per heavy atom. The van der Waals surface area contributed by atoms with E-state index in [1.165, 1.54) is 12.8 Å². The van der Waals surface area contributed by atoms with Crippen LogP contribution in [0.1, 0.15) is 49.9 Å². The van der Waals surface area contributed by atoms with Crippen LogP contribution in [0, 0.1) is 0 Å². The molecule has 2 heterocycles. The van der Waals surface area contributed by atoms with Gasteiger partial charge >= 0.3 is 0 Å². The second-order valence-corrected chi connectivity index (χ2v) is 4.78. The van der Waals surface area contributed by atoms with Gasteiger partial charge in [0.15, 0.2) is 0 Å². The topological polar surface area (TPSA) is 3.24 Å². The molecule has 0 spiro atoms. The lowest BCUT2D eigenvalue weighted by Crippen LogP contribution is -2.27. The van der Waals surface area contributed by atoms with Crippen molar-refractivity contribution >= 4 is 12.4 Å². The van der Waals surface area contributed by atoms with Crippen molar-refractivity contribution < 1.29 is 0 Å². The molecule has 1 aromatic carbocycles. The van der Waals surface area contributed by atoms with E-state index < -0.39 is 0 Å². The highest BCUT2D eigenvalue weighted by Crippen LogP contribution is 2.53. The minimum atomic E-state index is 0. The molecule has 0 N–H and O–H groups in total. The monoisotopic (exact) mass is 223 g/mol. The van der Waals surface area contributed by atoms with Crippen molar-refractivity contribution in [1.82, 2.24) is 4.90 Å². The quantitative estimate of drug-likeness (QED) is 0.702. The molecule has 1 aromatic rings. The van der Waals surface area contributed by atoms with Gasteiger partial charge in [-0.1, -0.05) is 24.3 Å². The van der Waals surface area contributed by atoms with Crippen LogP contribution in [0.5, 0.6) is 0 Å². The summed E-state index contributed by atoms with van der Waals surface area (Å²) in [6, 6.07) is 11.1. The van der Waals surface area contributed by atoms with Gasteiger partial charge in [-0.3, -0.25) is 4.90 Å². The summed E-state index contributed by atoms with van der Waals surface area (Å²) in [6.45, 7) is 4.63. The van der Waals surface area contributed by atoms with Gasteiger partial charge in [-0.2, -0.15) is 0 Å². The van der Waals surface area contributed by atoms with E-state index in [4.69, 9.17) is 0 Å². The molecule has 82 valence electrons. The summed E-state index contributed by atoms with van der Waals surface area (Å²) in [5.41, 5.74) is 3.19. The van der Waals surface area contributed by atoms with Gasteiger partial charge < -0.3 is 0 Å². The maximum absolute atomic E-state index is 2.69. The summed E-state index contributed by atoms with van der Waals surface area (Å²) in [5, 5.41) is 0. The molecule has 2 heteroatoms. The van der Waals surface area contributed by atoms with Crippen LogP contribution in [0.15, 0.2) is 24.3 Å². The van der Waals surface area contributed by atoms with Crippen LogP contribution in [-0.2, 0) is 0 Å². The summed E-state index contributed by atoms with van der Waals surface area (Å²) in [4.78, 5) is 2.69. The van der Waals surface area contributed by atoms with Gasteiger partial charge in [-0.25, -0.2) is 0 Å². The molecule has 2 aliphatic rings. The van der Waals surface area contributed by atoms with Crippen molar-refractivity contribution in [3.05, 3.63) is 35.4 Å². The van der Waals surface area contributed by atoms with Crippen molar-refractivity contribution in [2.24, 2.45) is 0 Å². The van der Waals surface area contributed by atoms with Crippen molar-refractivity contribution in [3.8, 4) is 0 Å². The molecule has 0 amide bonds. The van der Waals surface area contributed by atoms with Crippen LogP contribution >= 0.6 is 12.4 Å². The molecule has 1 saturated heterocycles. The van der Waals surface area contributed by atoms with E-state index >= 15 is 0 Å². The van der Waals surface area contributed by atoms with Crippen LogP contribution in [0.2, 0.25) is 0 Å².